The van der Waals surface area contributed by atoms with Crippen LogP contribution < -0.4 is 0 Å². The van der Waals surface area contributed by atoms with E-state index in [1.165, 1.54) is 0 Å². The van der Waals surface area contributed by atoms with Crippen molar-refractivity contribution in [2.75, 3.05) is 0 Å². The van der Waals surface area contributed by atoms with Crippen molar-refractivity contribution in [3.63, 3.8) is 0 Å². The molecular formula is C14H11ClO2. The number of aryl methyl sites for hydroxylation is 1. The molecule has 2 aromatic carbocycles. The molecule has 2 rings (SSSR count). The quantitative estimate of drug-likeness (QED) is 0.869. The third-order valence-electron chi connectivity index (χ3n) is 2.54. The van der Waals surface area contributed by atoms with Crippen LogP contribution >= 0.6 is 11.6 Å². The lowest BCUT2D eigenvalue weighted by atomic mass is 9.98. The van der Waals surface area contributed by atoms with Crippen molar-refractivity contribution in [3.05, 3.63) is 58.6 Å². The van der Waals surface area contributed by atoms with Crippen molar-refractivity contribution in [3.8, 4) is 11.1 Å². The molecule has 3 heteroatoms. The van der Waals surface area contributed by atoms with Crippen molar-refractivity contribution in [2.45, 2.75) is 6.92 Å². The number of carbonyl (C=O) groups is 1. The smallest absolute Gasteiger partial charge is 0.336 e. The second kappa shape index (κ2) is 4.60. The number of hydrogen-bond donors (Lipinski definition) is 1. The van der Waals surface area contributed by atoms with E-state index in [1.807, 2.05) is 31.2 Å². The molecule has 0 heterocycles. The van der Waals surface area contributed by atoms with Gasteiger partial charge in [-0.2, -0.15) is 0 Å². The zero-order valence-electron chi connectivity index (χ0n) is 9.27. The fourth-order valence-corrected chi connectivity index (χ4v) is 1.93. The van der Waals surface area contributed by atoms with Crippen LogP contribution in [0, 0.1) is 6.92 Å². The first-order valence-electron chi connectivity index (χ1n) is 5.18. The zero-order valence-corrected chi connectivity index (χ0v) is 10.0. The standard InChI is InChI=1S/C14H11ClO2/c1-9-5-6-12(13(7-9)14(16)17)10-3-2-4-11(15)8-10/h2-8H,1H3,(H,16,17). The summed E-state index contributed by atoms with van der Waals surface area (Å²) in [6.45, 7) is 1.87. The van der Waals surface area contributed by atoms with Crippen LogP contribution in [0.1, 0.15) is 15.9 Å². The maximum atomic E-state index is 11.2. The normalized spacial score (nSPS) is 10.2. The molecule has 0 saturated heterocycles. The minimum atomic E-state index is -0.927. The number of benzene rings is 2. The lowest BCUT2D eigenvalue weighted by molar-refractivity contribution is 0.0697. The predicted molar refractivity (Wildman–Crippen MR) is 68.6 cm³/mol. The largest absolute Gasteiger partial charge is 0.478 e. The van der Waals surface area contributed by atoms with Gasteiger partial charge in [0.25, 0.3) is 0 Å². The summed E-state index contributed by atoms with van der Waals surface area (Å²) in [6, 6.07) is 12.6. The van der Waals surface area contributed by atoms with Gasteiger partial charge in [-0.1, -0.05) is 41.4 Å². The molecule has 0 fully saturated rings. The van der Waals surface area contributed by atoms with Gasteiger partial charge in [-0.05, 0) is 36.2 Å². The maximum absolute atomic E-state index is 11.2. The second-order valence-corrected chi connectivity index (χ2v) is 4.30. The van der Waals surface area contributed by atoms with Crippen molar-refractivity contribution in [1.82, 2.24) is 0 Å². The Labute approximate surface area is 104 Å². The molecule has 0 aliphatic carbocycles. The Kier molecular flexibility index (Phi) is 3.16. The summed E-state index contributed by atoms with van der Waals surface area (Å²) in [5, 5.41) is 9.78. The molecule has 1 N–H and O–H groups in total. The fraction of sp³-hybridized carbons (Fsp3) is 0.0714. The molecular weight excluding hydrogens is 236 g/mol. The Bertz CT molecular complexity index is 576. The molecule has 0 atom stereocenters. The SMILES string of the molecule is Cc1ccc(-c2cccc(Cl)c2)c(C(=O)O)c1. The third kappa shape index (κ3) is 2.48. The summed E-state index contributed by atoms with van der Waals surface area (Å²) in [5.74, 6) is -0.927. The Hall–Kier alpha value is -1.80. The highest BCUT2D eigenvalue weighted by molar-refractivity contribution is 6.30. The zero-order chi connectivity index (χ0) is 12.4. The number of hydrogen-bond acceptors (Lipinski definition) is 1. The van der Waals surface area contributed by atoms with Gasteiger partial charge in [0.15, 0.2) is 0 Å². The van der Waals surface area contributed by atoms with E-state index >= 15 is 0 Å². The van der Waals surface area contributed by atoms with Crippen LogP contribution in [0.15, 0.2) is 42.5 Å². The summed E-state index contributed by atoms with van der Waals surface area (Å²) < 4.78 is 0. The molecule has 2 nitrogen and oxygen atoms in total. The lowest BCUT2D eigenvalue weighted by Gasteiger charge is -2.07. The lowest BCUT2D eigenvalue weighted by Crippen LogP contribution is -2.00. The highest BCUT2D eigenvalue weighted by Gasteiger charge is 2.11. The highest BCUT2D eigenvalue weighted by atomic mass is 35.5. The first-order chi connectivity index (χ1) is 8.08. The highest BCUT2D eigenvalue weighted by Crippen LogP contribution is 2.27. The number of carboxylic acids is 1. The molecule has 0 aliphatic heterocycles. The molecule has 2 aromatic rings. The van der Waals surface area contributed by atoms with Gasteiger partial charge in [-0.25, -0.2) is 4.79 Å². The number of rotatable bonds is 2. The van der Waals surface area contributed by atoms with Crippen molar-refractivity contribution in [2.24, 2.45) is 0 Å². The number of aromatic carboxylic acids is 1. The first-order valence-corrected chi connectivity index (χ1v) is 5.55. The van der Waals surface area contributed by atoms with Gasteiger partial charge >= 0.3 is 5.97 Å². The summed E-state index contributed by atoms with van der Waals surface area (Å²) in [7, 11) is 0. The predicted octanol–water partition coefficient (Wildman–Crippen LogP) is 4.01. The molecule has 0 amide bonds. The monoisotopic (exact) mass is 246 g/mol. The van der Waals surface area contributed by atoms with Gasteiger partial charge in [-0.3, -0.25) is 0 Å². The maximum Gasteiger partial charge on any atom is 0.336 e. The first kappa shape index (κ1) is 11.7. The Balaban J connectivity index is 2.63. The Morgan fingerprint density at radius 2 is 1.94 bits per heavy atom. The van der Waals surface area contributed by atoms with Crippen LogP contribution in [0.4, 0.5) is 0 Å². The van der Waals surface area contributed by atoms with E-state index < -0.39 is 5.97 Å². The van der Waals surface area contributed by atoms with Gasteiger partial charge in [-0.15, -0.1) is 0 Å². The van der Waals surface area contributed by atoms with Crippen LogP contribution in [-0.2, 0) is 0 Å². The average molecular weight is 247 g/mol. The van der Waals surface area contributed by atoms with E-state index in [4.69, 9.17) is 11.6 Å². The Morgan fingerprint density at radius 1 is 1.18 bits per heavy atom. The van der Waals surface area contributed by atoms with E-state index in [-0.39, 0.29) is 0 Å². The molecule has 0 bridgehead atoms. The molecule has 0 spiro atoms. The molecule has 17 heavy (non-hydrogen) atoms. The van der Waals surface area contributed by atoms with E-state index in [9.17, 15) is 9.90 Å². The summed E-state index contributed by atoms with van der Waals surface area (Å²) >= 11 is 5.91. The van der Waals surface area contributed by atoms with Crippen LogP contribution in [-0.4, -0.2) is 11.1 Å². The van der Waals surface area contributed by atoms with E-state index in [0.717, 1.165) is 11.1 Å². The molecule has 0 saturated carbocycles. The molecule has 0 unspecified atom stereocenters. The number of halogens is 1. The average Bonchev–Trinajstić information content (AvgIpc) is 2.28. The van der Waals surface area contributed by atoms with E-state index in [1.54, 1.807) is 18.2 Å². The number of carboxylic acid groups (broad SMARTS) is 1. The van der Waals surface area contributed by atoms with Crippen LogP contribution in [0.2, 0.25) is 5.02 Å². The van der Waals surface area contributed by atoms with Crippen LogP contribution in [0.25, 0.3) is 11.1 Å². The summed E-state index contributed by atoms with van der Waals surface area (Å²) in [5.41, 5.74) is 2.72. The minimum absolute atomic E-state index is 0.298. The van der Waals surface area contributed by atoms with Gasteiger partial charge in [0.1, 0.15) is 0 Å². The van der Waals surface area contributed by atoms with Gasteiger partial charge in [0.2, 0.25) is 0 Å². The minimum Gasteiger partial charge on any atom is -0.478 e. The summed E-state index contributed by atoms with van der Waals surface area (Å²) in [4.78, 5) is 11.2. The van der Waals surface area contributed by atoms with Crippen LogP contribution in [0.3, 0.4) is 0 Å². The molecule has 0 aliphatic rings. The van der Waals surface area contributed by atoms with Gasteiger partial charge in [0, 0.05) is 5.02 Å². The molecule has 0 radical (unpaired) electrons. The van der Waals surface area contributed by atoms with Gasteiger partial charge in [0.05, 0.1) is 5.56 Å². The van der Waals surface area contributed by atoms with E-state index in [2.05, 4.69) is 0 Å². The summed E-state index contributed by atoms with van der Waals surface area (Å²) in [6.07, 6.45) is 0. The van der Waals surface area contributed by atoms with Gasteiger partial charge < -0.3 is 5.11 Å². The van der Waals surface area contributed by atoms with Crippen molar-refractivity contribution in [1.29, 1.82) is 0 Å². The van der Waals surface area contributed by atoms with Crippen LogP contribution in [0.5, 0.6) is 0 Å². The fourth-order valence-electron chi connectivity index (χ4n) is 1.74. The van der Waals surface area contributed by atoms with Crippen molar-refractivity contribution >= 4 is 17.6 Å². The third-order valence-corrected chi connectivity index (χ3v) is 2.78. The topological polar surface area (TPSA) is 37.3 Å². The Morgan fingerprint density at radius 3 is 2.59 bits per heavy atom. The molecule has 0 aromatic heterocycles. The second-order valence-electron chi connectivity index (χ2n) is 3.86. The van der Waals surface area contributed by atoms with Crippen molar-refractivity contribution < 1.29 is 9.90 Å². The van der Waals surface area contributed by atoms with E-state index in [0.29, 0.717) is 16.1 Å². The molecule has 86 valence electrons.